The molecule has 0 aliphatic carbocycles. The van der Waals surface area contributed by atoms with Gasteiger partial charge >= 0.3 is 17.4 Å². The van der Waals surface area contributed by atoms with Crippen LogP contribution in [0.15, 0.2) is 60.7 Å². The Morgan fingerprint density at radius 1 is 0.650 bits per heavy atom. The summed E-state index contributed by atoms with van der Waals surface area (Å²) < 4.78 is 8.55. The number of rotatable bonds is 0. The molecule has 3 aromatic carbocycles. The average Bonchev–Trinajstić information content (AvgIpc) is 2.34. The molecular formula is C14H10CrO4P. The second-order valence-corrected chi connectivity index (χ2v) is 4.89. The number of hydrogen-bond acceptors (Lipinski definition) is 4. The van der Waals surface area contributed by atoms with Crippen LogP contribution in [0.5, 0.6) is 0 Å². The third-order valence-electron chi connectivity index (χ3n) is 2.61. The van der Waals surface area contributed by atoms with E-state index in [0.29, 0.717) is 0 Å². The van der Waals surface area contributed by atoms with Gasteiger partial charge in [0.25, 0.3) is 0 Å². The molecule has 6 heteroatoms. The molecule has 0 atom stereocenters. The van der Waals surface area contributed by atoms with Gasteiger partial charge in [0.05, 0.1) is 0 Å². The van der Waals surface area contributed by atoms with Crippen molar-refractivity contribution in [2.75, 3.05) is 0 Å². The maximum absolute atomic E-state index is 8.55. The molecule has 0 amide bonds. The molecule has 3 aromatic rings. The zero-order valence-corrected chi connectivity index (χ0v) is 12.4. The zero-order chi connectivity index (χ0) is 13.9. The summed E-state index contributed by atoms with van der Waals surface area (Å²) in [5.41, 5.74) is 0. The number of fused-ring (bicyclic) bond motifs is 2. The molecule has 0 aliphatic rings. The predicted octanol–water partition coefficient (Wildman–Crippen LogP) is 1.17. The fourth-order valence-electron chi connectivity index (χ4n) is 1.88. The van der Waals surface area contributed by atoms with Crippen LogP contribution in [-0.4, -0.2) is 0 Å². The van der Waals surface area contributed by atoms with Crippen molar-refractivity contribution >= 4 is 29.4 Å². The van der Waals surface area contributed by atoms with Gasteiger partial charge < -0.3 is 19.2 Å². The van der Waals surface area contributed by atoms with E-state index in [1.807, 2.05) is 0 Å². The first-order valence-electron chi connectivity index (χ1n) is 5.54. The average molecular weight is 325 g/mol. The summed E-state index contributed by atoms with van der Waals surface area (Å²) in [6.45, 7) is 0. The SMILES string of the molecule is O=P([O-])([O-])[O-].[Cr+3].c1ccc2cc3ccccc3cc2c1. The monoisotopic (exact) mass is 325 g/mol. The number of hydrogen-bond donors (Lipinski definition) is 0. The Balaban J connectivity index is 0.000000293. The topological polar surface area (TPSA) is 86.2 Å². The zero-order valence-electron chi connectivity index (χ0n) is 10.3. The molecule has 101 valence electrons. The van der Waals surface area contributed by atoms with Crippen molar-refractivity contribution in [1.82, 2.24) is 0 Å². The summed E-state index contributed by atoms with van der Waals surface area (Å²) in [4.78, 5) is 25.6. The van der Waals surface area contributed by atoms with E-state index in [-0.39, 0.29) is 17.4 Å². The minimum atomic E-state index is -5.39. The van der Waals surface area contributed by atoms with Crippen molar-refractivity contribution in [2.45, 2.75) is 0 Å². The van der Waals surface area contributed by atoms with Gasteiger partial charge in [-0.2, -0.15) is 7.82 Å². The second kappa shape index (κ2) is 7.01. The molecule has 4 nitrogen and oxygen atoms in total. The molecule has 0 spiro atoms. The van der Waals surface area contributed by atoms with E-state index < -0.39 is 7.82 Å². The van der Waals surface area contributed by atoms with Crippen molar-refractivity contribution < 1.29 is 36.6 Å². The quantitative estimate of drug-likeness (QED) is 0.458. The minimum absolute atomic E-state index is 0. The van der Waals surface area contributed by atoms with E-state index >= 15 is 0 Å². The third kappa shape index (κ3) is 5.07. The van der Waals surface area contributed by atoms with Crippen LogP contribution in [0.25, 0.3) is 21.5 Å². The van der Waals surface area contributed by atoms with Gasteiger partial charge in [-0.3, -0.25) is 0 Å². The van der Waals surface area contributed by atoms with Gasteiger partial charge in [-0.1, -0.05) is 48.5 Å². The van der Waals surface area contributed by atoms with Crippen LogP contribution in [-0.2, 0) is 21.9 Å². The first-order chi connectivity index (χ1) is 8.93. The van der Waals surface area contributed by atoms with E-state index in [0.717, 1.165) is 0 Å². The molecule has 0 saturated heterocycles. The molecule has 0 bridgehead atoms. The Labute approximate surface area is 127 Å². The largest absolute Gasteiger partial charge is 3.00 e. The molecule has 3 rings (SSSR count). The number of phosphoric acid groups is 1. The van der Waals surface area contributed by atoms with Crippen molar-refractivity contribution in [3.05, 3.63) is 60.7 Å². The third-order valence-corrected chi connectivity index (χ3v) is 2.61. The Morgan fingerprint density at radius 2 is 0.850 bits per heavy atom. The molecule has 0 unspecified atom stereocenters. The van der Waals surface area contributed by atoms with Gasteiger partial charge in [0.2, 0.25) is 0 Å². The van der Waals surface area contributed by atoms with Crippen molar-refractivity contribution in [1.29, 1.82) is 0 Å². The molecule has 0 aromatic heterocycles. The summed E-state index contributed by atoms with van der Waals surface area (Å²) in [7, 11) is -5.39. The van der Waals surface area contributed by atoms with E-state index in [1.54, 1.807) is 0 Å². The fraction of sp³-hybridized carbons (Fsp3) is 0. The minimum Gasteiger partial charge on any atom is -0.822 e. The molecule has 0 aliphatic heterocycles. The van der Waals surface area contributed by atoms with Gasteiger partial charge in [-0.25, -0.2) is 0 Å². The van der Waals surface area contributed by atoms with Crippen molar-refractivity contribution in [3.63, 3.8) is 0 Å². The first-order valence-corrected chi connectivity index (χ1v) is 7.00. The Morgan fingerprint density at radius 3 is 1.05 bits per heavy atom. The maximum atomic E-state index is 8.55. The number of benzene rings is 3. The summed E-state index contributed by atoms with van der Waals surface area (Å²) >= 11 is 0. The summed E-state index contributed by atoms with van der Waals surface area (Å²) in [6, 6.07) is 21.4. The summed E-state index contributed by atoms with van der Waals surface area (Å²) in [5.74, 6) is 0. The van der Waals surface area contributed by atoms with E-state index in [4.69, 9.17) is 19.2 Å². The van der Waals surface area contributed by atoms with E-state index in [1.165, 1.54) is 21.5 Å². The van der Waals surface area contributed by atoms with Crippen LogP contribution >= 0.6 is 7.82 Å². The van der Waals surface area contributed by atoms with Gasteiger partial charge in [-0.05, 0) is 33.7 Å². The van der Waals surface area contributed by atoms with Crippen LogP contribution in [0.2, 0.25) is 0 Å². The van der Waals surface area contributed by atoms with Crippen LogP contribution in [0, 0.1) is 0 Å². The maximum Gasteiger partial charge on any atom is 3.00 e. The van der Waals surface area contributed by atoms with Gasteiger partial charge in [0.1, 0.15) is 0 Å². The molecule has 0 N–H and O–H groups in total. The fourth-order valence-corrected chi connectivity index (χ4v) is 1.88. The van der Waals surface area contributed by atoms with Crippen LogP contribution < -0.4 is 14.7 Å². The van der Waals surface area contributed by atoms with Gasteiger partial charge in [-0.15, -0.1) is 0 Å². The molecule has 0 saturated carbocycles. The van der Waals surface area contributed by atoms with E-state index in [9.17, 15) is 0 Å². The molecule has 0 heterocycles. The molecule has 20 heavy (non-hydrogen) atoms. The molecule has 0 fully saturated rings. The first kappa shape index (κ1) is 16.9. The Bertz CT molecular complexity index is 641. The molecule has 1 radical (unpaired) electrons. The standard InChI is InChI=1S/C14H10.Cr.H3O4P/c1-2-6-12-10-14-8-4-3-7-13(14)9-11(12)5-1;;1-5(2,3)4/h1-10H;;(H3,1,2,3,4)/q;+3;/p-3. The summed E-state index contributed by atoms with van der Waals surface area (Å²) in [5, 5.41) is 5.25. The van der Waals surface area contributed by atoms with Crippen LogP contribution in [0.4, 0.5) is 0 Å². The van der Waals surface area contributed by atoms with E-state index in [2.05, 4.69) is 60.7 Å². The van der Waals surface area contributed by atoms with Crippen LogP contribution in [0.3, 0.4) is 0 Å². The summed E-state index contributed by atoms with van der Waals surface area (Å²) in [6.07, 6.45) is 0. The van der Waals surface area contributed by atoms with Crippen molar-refractivity contribution in [2.24, 2.45) is 0 Å². The van der Waals surface area contributed by atoms with Gasteiger partial charge in [0, 0.05) is 0 Å². The second-order valence-electron chi connectivity index (χ2n) is 3.99. The van der Waals surface area contributed by atoms with Crippen LogP contribution in [0.1, 0.15) is 0 Å². The van der Waals surface area contributed by atoms with Crippen molar-refractivity contribution in [3.8, 4) is 0 Å². The Hall–Kier alpha value is -1.18. The van der Waals surface area contributed by atoms with Gasteiger partial charge in [0.15, 0.2) is 0 Å². The smallest absolute Gasteiger partial charge is 0.822 e. The molecular weight excluding hydrogens is 315 g/mol. The normalized spacial score (nSPS) is 10.6. The Kier molecular flexibility index (Phi) is 5.92. The predicted molar refractivity (Wildman–Crippen MR) is 69.1 cm³/mol.